The van der Waals surface area contributed by atoms with E-state index in [9.17, 15) is 4.79 Å². The zero-order valence-electron chi connectivity index (χ0n) is 14.0. The molecule has 25 heavy (non-hydrogen) atoms. The number of aryl methyl sites for hydroxylation is 1. The topological polar surface area (TPSA) is 53.9 Å². The number of carbonyl (C=O) groups is 1. The van der Waals surface area contributed by atoms with E-state index in [1.165, 1.54) is 29.0 Å². The molecule has 0 unspecified atom stereocenters. The third kappa shape index (κ3) is 2.43. The standard InChI is InChI=1S/C19H20N4OS/c24-18(23-10-7-15-13(12-23)11-20-21-15)17-14-5-1-2-6-16(14)25-19(17)22-8-3-4-9-22/h3-4,8-9,11H,1-2,5-7,10,12H2,(H,20,21). The third-order valence-corrected chi connectivity index (χ3v) is 6.60. The summed E-state index contributed by atoms with van der Waals surface area (Å²) >= 11 is 1.80. The van der Waals surface area contributed by atoms with E-state index in [0.717, 1.165) is 41.9 Å². The monoisotopic (exact) mass is 352 g/mol. The zero-order valence-corrected chi connectivity index (χ0v) is 14.8. The molecular formula is C19H20N4OS. The lowest BCUT2D eigenvalue weighted by Crippen LogP contribution is -2.36. The molecule has 128 valence electrons. The van der Waals surface area contributed by atoms with Crippen LogP contribution in [-0.4, -0.2) is 32.1 Å². The van der Waals surface area contributed by atoms with Crippen LogP contribution in [0.5, 0.6) is 0 Å². The number of aromatic amines is 1. The Kier molecular flexibility index (Phi) is 3.52. The van der Waals surface area contributed by atoms with Gasteiger partial charge in [0.15, 0.2) is 0 Å². The molecule has 0 fully saturated rings. The predicted octanol–water partition coefficient (Wildman–Crippen LogP) is 3.34. The first kappa shape index (κ1) is 15.0. The second kappa shape index (κ2) is 5.88. The minimum Gasteiger partial charge on any atom is -0.334 e. The van der Waals surface area contributed by atoms with E-state index >= 15 is 0 Å². The van der Waals surface area contributed by atoms with Crippen molar-refractivity contribution in [2.45, 2.75) is 38.6 Å². The van der Waals surface area contributed by atoms with E-state index in [2.05, 4.69) is 14.8 Å². The highest BCUT2D eigenvalue weighted by molar-refractivity contribution is 7.15. The maximum absolute atomic E-state index is 13.5. The van der Waals surface area contributed by atoms with Gasteiger partial charge in [0, 0.05) is 48.0 Å². The van der Waals surface area contributed by atoms with Crippen LogP contribution >= 0.6 is 11.3 Å². The van der Waals surface area contributed by atoms with Crippen LogP contribution in [0.15, 0.2) is 30.7 Å². The predicted molar refractivity (Wildman–Crippen MR) is 97.3 cm³/mol. The van der Waals surface area contributed by atoms with Crippen molar-refractivity contribution in [3.8, 4) is 5.00 Å². The Morgan fingerprint density at radius 3 is 2.88 bits per heavy atom. The Morgan fingerprint density at radius 2 is 2.00 bits per heavy atom. The molecule has 5 nitrogen and oxygen atoms in total. The van der Waals surface area contributed by atoms with Crippen LogP contribution in [0.3, 0.4) is 0 Å². The number of fused-ring (bicyclic) bond motifs is 2. The molecule has 0 atom stereocenters. The average molecular weight is 352 g/mol. The van der Waals surface area contributed by atoms with E-state index in [4.69, 9.17) is 0 Å². The summed E-state index contributed by atoms with van der Waals surface area (Å²) in [5, 5.41) is 8.25. The van der Waals surface area contributed by atoms with Crippen molar-refractivity contribution >= 4 is 17.2 Å². The lowest BCUT2D eigenvalue weighted by atomic mass is 9.94. The first-order chi connectivity index (χ1) is 12.3. The van der Waals surface area contributed by atoms with Crippen LogP contribution in [-0.2, 0) is 25.8 Å². The summed E-state index contributed by atoms with van der Waals surface area (Å²) in [5.74, 6) is 0.176. The molecule has 0 spiro atoms. The molecule has 0 saturated carbocycles. The summed E-state index contributed by atoms with van der Waals surface area (Å²) < 4.78 is 2.10. The number of nitrogens with one attached hydrogen (secondary N) is 1. The van der Waals surface area contributed by atoms with Crippen molar-refractivity contribution in [3.63, 3.8) is 0 Å². The van der Waals surface area contributed by atoms with Crippen LogP contribution in [0.25, 0.3) is 5.00 Å². The van der Waals surface area contributed by atoms with Gasteiger partial charge in [0.1, 0.15) is 5.00 Å². The quantitative estimate of drug-likeness (QED) is 0.769. The first-order valence-electron chi connectivity index (χ1n) is 8.89. The molecule has 6 heteroatoms. The molecule has 3 aromatic heterocycles. The maximum Gasteiger partial charge on any atom is 0.257 e. The molecule has 1 N–H and O–H groups in total. The third-order valence-electron chi connectivity index (χ3n) is 5.29. The number of rotatable bonds is 2. The fourth-order valence-electron chi connectivity index (χ4n) is 3.98. The molecule has 4 heterocycles. The van der Waals surface area contributed by atoms with Crippen LogP contribution in [0.1, 0.15) is 44.9 Å². The van der Waals surface area contributed by atoms with E-state index in [0.29, 0.717) is 6.54 Å². The largest absolute Gasteiger partial charge is 0.334 e. The molecule has 2 aliphatic rings. The minimum atomic E-state index is 0.176. The van der Waals surface area contributed by atoms with E-state index < -0.39 is 0 Å². The number of carbonyl (C=O) groups excluding carboxylic acids is 1. The van der Waals surface area contributed by atoms with Gasteiger partial charge in [-0.3, -0.25) is 9.89 Å². The SMILES string of the molecule is O=C(c1c(-n2cccc2)sc2c1CCCC2)N1CCc2[nH]ncc2C1. The number of thiophene rings is 1. The van der Waals surface area contributed by atoms with Crippen molar-refractivity contribution in [1.82, 2.24) is 19.7 Å². The molecule has 0 radical (unpaired) electrons. The van der Waals surface area contributed by atoms with Gasteiger partial charge >= 0.3 is 0 Å². The minimum absolute atomic E-state index is 0.176. The summed E-state index contributed by atoms with van der Waals surface area (Å²) in [7, 11) is 0. The molecule has 0 bridgehead atoms. The van der Waals surface area contributed by atoms with Gasteiger partial charge in [-0.25, -0.2) is 0 Å². The number of H-pyrrole nitrogens is 1. The van der Waals surface area contributed by atoms with E-state index in [1.54, 1.807) is 11.3 Å². The van der Waals surface area contributed by atoms with Crippen molar-refractivity contribution in [1.29, 1.82) is 0 Å². The van der Waals surface area contributed by atoms with Crippen LogP contribution in [0.2, 0.25) is 0 Å². The Balaban J connectivity index is 1.56. The highest BCUT2D eigenvalue weighted by Gasteiger charge is 2.31. The summed E-state index contributed by atoms with van der Waals surface area (Å²) in [6.07, 6.45) is 11.3. The maximum atomic E-state index is 13.5. The number of aromatic nitrogens is 3. The summed E-state index contributed by atoms with van der Waals surface area (Å²) in [6.45, 7) is 1.41. The fourth-order valence-corrected chi connectivity index (χ4v) is 5.32. The summed E-state index contributed by atoms with van der Waals surface area (Å²) in [5.41, 5.74) is 4.54. The Morgan fingerprint density at radius 1 is 1.16 bits per heavy atom. The summed E-state index contributed by atoms with van der Waals surface area (Å²) in [4.78, 5) is 16.9. The smallest absolute Gasteiger partial charge is 0.257 e. The van der Waals surface area contributed by atoms with Gasteiger partial charge in [0.05, 0.1) is 11.8 Å². The first-order valence-corrected chi connectivity index (χ1v) is 9.71. The molecule has 0 saturated heterocycles. The van der Waals surface area contributed by atoms with Crippen LogP contribution < -0.4 is 0 Å². The van der Waals surface area contributed by atoms with Gasteiger partial charge in [-0.05, 0) is 43.4 Å². The van der Waals surface area contributed by atoms with Crippen molar-refractivity contribution in [2.24, 2.45) is 0 Å². The highest BCUT2D eigenvalue weighted by atomic mass is 32.1. The van der Waals surface area contributed by atoms with E-state index in [-0.39, 0.29) is 5.91 Å². The second-order valence-corrected chi connectivity index (χ2v) is 7.92. The van der Waals surface area contributed by atoms with Gasteiger partial charge in [-0.1, -0.05) is 0 Å². The Labute approximate surface area is 150 Å². The van der Waals surface area contributed by atoms with Crippen LogP contribution in [0, 0.1) is 0 Å². The number of amides is 1. The van der Waals surface area contributed by atoms with Gasteiger partial charge in [-0.2, -0.15) is 5.10 Å². The normalized spacial score (nSPS) is 16.6. The van der Waals surface area contributed by atoms with Crippen molar-refractivity contribution < 1.29 is 4.79 Å². The number of hydrogen-bond donors (Lipinski definition) is 1. The highest BCUT2D eigenvalue weighted by Crippen LogP contribution is 2.38. The van der Waals surface area contributed by atoms with E-state index in [1.807, 2.05) is 35.6 Å². The molecular weight excluding hydrogens is 332 g/mol. The fraction of sp³-hybridized carbons (Fsp3) is 0.368. The molecule has 1 aliphatic heterocycles. The number of nitrogens with zero attached hydrogens (tertiary/aromatic N) is 3. The zero-order chi connectivity index (χ0) is 16.8. The summed E-state index contributed by atoms with van der Waals surface area (Å²) in [6, 6.07) is 4.04. The average Bonchev–Trinajstić information content (AvgIpc) is 3.38. The number of hydrogen-bond acceptors (Lipinski definition) is 3. The van der Waals surface area contributed by atoms with Gasteiger partial charge in [-0.15, -0.1) is 11.3 Å². The van der Waals surface area contributed by atoms with Gasteiger partial charge in [0.2, 0.25) is 0 Å². The second-order valence-electron chi connectivity index (χ2n) is 6.83. The molecule has 5 rings (SSSR count). The van der Waals surface area contributed by atoms with Gasteiger partial charge in [0.25, 0.3) is 5.91 Å². The lowest BCUT2D eigenvalue weighted by Gasteiger charge is -2.27. The van der Waals surface area contributed by atoms with Crippen molar-refractivity contribution in [3.05, 3.63) is 58.0 Å². The lowest BCUT2D eigenvalue weighted by molar-refractivity contribution is 0.0733. The molecule has 3 aromatic rings. The van der Waals surface area contributed by atoms with Crippen LogP contribution in [0.4, 0.5) is 0 Å². The Bertz CT molecular complexity index is 922. The van der Waals surface area contributed by atoms with Gasteiger partial charge < -0.3 is 9.47 Å². The van der Waals surface area contributed by atoms with Crippen molar-refractivity contribution in [2.75, 3.05) is 6.54 Å². The molecule has 0 aromatic carbocycles. The Hall–Kier alpha value is -2.34. The molecule has 1 aliphatic carbocycles. The molecule has 1 amide bonds.